The standard InChI is InChI=1S/C15H20N2O2S/c1-18-14-6-10(2-5-13(14)15(16)20)7-17-8-11-3-4-12(9-17)19-11/h2,5-6,11-12H,3-4,7-9H2,1H3,(H2,16,20). The van der Waals surface area contributed by atoms with Crippen LogP contribution in [0.2, 0.25) is 0 Å². The van der Waals surface area contributed by atoms with Crippen LogP contribution < -0.4 is 10.5 Å². The molecule has 108 valence electrons. The number of fused-ring (bicyclic) bond motifs is 2. The van der Waals surface area contributed by atoms with Crippen LogP contribution in [0.5, 0.6) is 5.75 Å². The second-order valence-corrected chi connectivity index (χ2v) is 5.99. The van der Waals surface area contributed by atoms with Crippen LogP contribution in [-0.2, 0) is 11.3 Å². The average Bonchev–Trinajstić information content (AvgIpc) is 2.77. The molecule has 2 unspecified atom stereocenters. The molecule has 2 aliphatic heterocycles. The third-order valence-corrected chi connectivity index (χ3v) is 4.28. The van der Waals surface area contributed by atoms with Gasteiger partial charge in [-0.25, -0.2) is 0 Å². The summed E-state index contributed by atoms with van der Waals surface area (Å²) < 4.78 is 11.2. The molecule has 2 aliphatic rings. The second-order valence-electron chi connectivity index (χ2n) is 5.55. The van der Waals surface area contributed by atoms with Gasteiger partial charge in [-0.1, -0.05) is 18.3 Å². The van der Waals surface area contributed by atoms with E-state index in [4.69, 9.17) is 27.4 Å². The van der Waals surface area contributed by atoms with E-state index >= 15 is 0 Å². The van der Waals surface area contributed by atoms with E-state index in [1.54, 1.807) is 7.11 Å². The molecule has 2 saturated heterocycles. The number of nitrogens with two attached hydrogens (primary N) is 1. The molecule has 20 heavy (non-hydrogen) atoms. The molecule has 1 aromatic rings. The van der Waals surface area contributed by atoms with Gasteiger partial charge in [-0.3, -0.25) is 4.90 Å². The maximum Gasteiger partial charge on any atom is 0.129 e. The number of methoxy groups -OCH3 is 1. The first-order valence-electron chi connectivity index (χ1n) is 7.00. The third kappa shape index (κ3) is 2.80. The van der Waals surface area contributed by atoms with Crippen molar-refractivity contribution >= 4 is 17.2 Å². The number of nitrogens with zero attached hydrogens (tertiary/aromatic N) is 1. The average molecular weight is 292 g/mol. The Morgan fingerprint density at radius 1 is 1.40 bits per heavy atom. The highest BCUT2D eigenvalue weighted by molar-refractivity contribution is 7.80. The van der Waals surface area contributed by atoms with Crippen molar-refractivity contribution in [3.63, 3.8) is 0 Å². The Bertz CT molecular complexity index is 509. The number of rotatable bonds is 4. The highest BCUT2D eigenvalue weighted by Gasteiger charge is 2.33. The van der Waals surface area contributed by atoms with Crippen molar-refractivity contribution in [2.75, 3.05) is 20.2 Å². The molecular formula is C15H20N2O2S. The van der Waals surface area contributed by atoms with Crippen LogP contribution in [0.15, 0.2) is 18.2 Å². The molecule has 2 heterocycles. The van der Waals surface area contributed by atoms with E-state index in [0.29, 0.717) is 17.2 Å². The maximum absolute atomic E-state index is 5.86. The van der Waals surface area contributed by atoms with Gasteiger partial charge >= 0.3 is 0 Å². The summed E-state index contributed by atoms with van der Waals surface area (Å²) in [5.74, 6) is 0.756. The van der Waals surface area contributed by atoms with Gasteiger partial charge in [-0.2, -0.15) is 0 Å². The lowest BCUT2D eigenvalue weighted by Gasteiger charge is -2.32. The highest BCUT2D eigenvalue weighted by atomic mass is 32.1. The first-order chi connectivity index (χ1) is 9.65. The van der Waals surface area contributed by atoms with Crippen LogP contribution in [0.1, 0.15) is 24.0 Å². The summed E-state index contributed by atoms with van der Waals surface area (Å²) in [5.41, 5.74) is 7.72. The molecule has 0 radical (unpaired) electrons. The SMILES string of the molecule is COc1cc(CN2CC3CCC(C2)O3)ccc1C(N)=S. The normalized spacial score (nSPS) is 25.6. The van der Waals surface area contributed by atoms with Crippen molar-refractivity contribution in [2.45, 2.75) is 31.6 Å². The zero-order chi connectivity index (χ0) is 14.1. The fraction of sp³-hybridized carbons (Fsp3) is 0.533. The Hall–Kier alpha value is -1.17. The number of benzene rings is 1. The summed E-state index contributed by atoms with van der Waals surface area (Å²) in [6, 6.07) is 6.06. The summed E-state index contributed by atoms with van der Waals surface area (Å²) in [6.07, 6.45) is 3.24. The van der Waals surface area contributed by atoms with Crippen LogP contribution in [0.4, 0.5) is 0 Å². The Morgan fingerprint density at radius 3 is 2.70 bits per heavy atom. The van der Waals surface area contributed by atoms with E-state index in [2.05, 4.69) is 11.0 Å². The zero-order valence-electron chi connectivity index (χ0n) is 11.7. The molecule has 0 spiro atoms. The molecule has 5 heteroatoms. The molecule has 4 nitrogen and oxygen atoms in total. The van der Waals surface area contributed by atoms with Gasteiger partial charge in [0.05, 0.1) is 24.9 Å². The van der Waals surface area contributed by atoms with Crippen molar-refractivity contribution in [2.24, 2.45) is 5.73 Å². The van der Waals surface area contributed by atoms with Crippen LogP contribution in [0.3, 0.4) is 0 Å². The molecule has 0 amide bonds. The van der Waals surface area contributed by atoms with Gasteiger partial charge in [-0.05, 0) is 30.5 Å². The maximum atomic E-state index is 5.86. The summed E-state index contributed by atoms with van der Waals surface area (Å²) in [4.78, 5) is 2.83. The Kier molecular flexibility index (Phi) is 3.92. The minimum absolute atomic E-state index is 0.373. The largest absolute Gasteiger partial charge is 0.496 e. The molecule has 0 aromatic heterocycles. The van der Waals surface area contributed by atoms with Gasteiger partial charge in [-0.15, -0.1) is 0 Å². The minimum atomic E-state index is 0.373. The Balaban J connectivity index is 1.73. The lowest BCUT2D eigenvalue weighted by atomic mass is 10.1. The fourth-order valence-electron chi connectivity index (χ4n) is 3.12. The highest BCUT2D eigenvalue weighted by Crippen LogP contribution is 2.28. The predicted octanol–water partition coefficient (Wildman–Crippen LogP) is 1.69. The number of ether oxygens (including phenoxy) is 2. The summed E-state index contributed by atoms with van der Waals surface area (Å²) in [6.45, 7) is 2.97. The summed E-state index contributed by atoms with van der Waals surface area (Å²) in [7, 11) is 1.65. The number of thiocarbonyl (C=S) groups is 1. The van der Waals surface area contributed by atoms with Gasteiger partial charge < -0.3 is 15.2 Å². The monoisotopic (exact) mass is 292 g/mol. The molecule has 3 rings (SSSR count). The molecule has 2 atom stereocenters. The van der Waals surface area contributed by atoms with E-state index in [1.165, 1.54) is 18.4 Å². The molecule has 0 saturated carbocycles. The number of hydrogen-bond acceptors (Lipinski definition) is 4. The second kappa shape index (κ2) is 5.68. The third-order valence-electron chi connectivity index (χ3n) is 4.06. The van der Waals surface area contributed by atoms with Gasteiger partial charge in [0.15, 0.2) is 0 Å². The first-order valence-corrected chi connectivity index (χ1v) is 7.41. The molecule has 2 N–H and O–H groups in total. The minimum Gasteiger partial charge on any atom is -0.496 e. The van der Waals surface area contributed by atoms with Crippen molar-refractivity contribution in [1.82, 2.24) is 4.90 Å². The van der Waals surface area contributed by atoms with Gasteiger partial charge in [0.1, 0.15) is 10.7 Å². The van der Waals surface area contributed by atoms with E-state index in [-0.39, 0.29) is 0 Å². The Labute approximate surface area is 124 Å². The smallest absolute Gasteiger partial charge is 0.129 e. The summed E-state index contributed by atoms with van der Waals surface area (Å²) in [5, 5.41) is 0. The number of morpholine rings is 1. The molecular weight excluding hydrogens is 272 g/mol. The zero-order valence-corrected chi connectivity index (χ0v) is 12.5. The molecule has 1 aromatic carbocycles. The van der Waals surface area contributed by atoms with Gasteiger partial charge in [0.25, 0.3) is 0 Å². The van der Waals surface area contributed by atoms with E-state index in [0.717, 1.165) is 30.9 Å². The topological polar surface area (TPSA) is 47.7 Å². The van der Waals surface area contributed by atoms with Crippen LogP contribution >= 0.6 is 12.2 Å². The Morgan fingerprint density at radius 2 is 2.10 bits per heavy atom. The summed E-state index contributed by atoms with van der Waals surface area (Å²) >= 11 is 5.03. The van der Waals surface area contributed by atoms with Gasteiger partial charge in [0, 0.05) is 19.6 Å². The van der Waals surface area contributed by atoms with E-state index < -0.39 is 0 Å². The lowest BCUT2D eigenvalue weighted by Crippen LogP contribution is -2.41. The van der Waals surface area contributed by atoms with Crippen molar-refractivity contribution < 1.29 is 9.47 Å². The predicted molar refractivity (Wildman–Crippen MR) is 82.1 cm³/mol. The van der Waals surface area contributed by atoms with Gasteiger partial charge in [0.2, 0.25) is 0 Å². The van der Waals surface area contributed by atoms with E-state index in [9.17, 15) is 0 Å². The first kappa shape index (κ1) is 13.8. The van der Waals surface area contributed by atoms with Crippen LogP contribution in [0.25, 0.3) is 0 Å². The quantitative estimate of drug-likeness (QED) is 0.856. The number of likely N-dealkylation sites (tertiary alicyclic amines) is 1. The molecule has 2 fully saturated rings. The lowest BCUT2D eigenvalue weighted by molar-refractivity contribution is -0.0410. The van der Waals surface area contributed by atoms with Crippen LogP contribution in [-0.4, -0.2) is 42.3 Å². The van der Waals surface area contributed by atoms with E-state index in [1.807, 2.05) is 12.1 Å². The van der Waals surface area contributed by atoms with Crippen molar-refractivity contribution in [3.8, 4) is 5.75 Å². The molecule has 2 bridgehead atoms. The number of hydrogen-bond donors (Lipinski definition) is 1. The van der Waals surface area contributed by atoms with Crippen LogP contribution in [0, 0.1) is 0 Å². The molecule has 0 aliphatic carbocycles. The fourth-order valence-corrected chi connectivity index (χ4v) is 3.29. The van der Waals surface area contributed by atoms with Crippen molar-refractivity contribution in [3.05, 3.63) is 29.3 Å². The van der Waals surface area contributed by atoms with Crippen molar-refractivity contribution in [1.29, 1.82) is 0 Å².